The molecule has 2 aliphatic heterocycles. The van der Waals surface area contributed by atoms with Crippen molar-refractivity contribution in [2.75, 3.05) is 26.3 Å². The summed E-state index contributed by atoms with van der Waals surface area (Å²) in [5.74, 6) is 0.768. The van der Waals surface area contributed by atoms with Crippen LogP contribution in [0.5, 0.6) is 11.5 Å². The fourth-order valence-electron chi connectivity index (χ4n) is 3.34. The quantitative estimate of drug-likeness (QED) is 0.861. The number of benzene rings is 2. The van der Waals surface area contributed by atoms with Crippen molar-refractivity contribution < 1.29 is 19.4 Å². The molecule has 1 fully saturated rings. The van der Waals surface area contributed by atoms with Gasteiger partial charge in [0.25, 0.3) is 0 Å². The molecular formula is C21H21NO4. The summed E-state index contributed by atoms with van der Waals surface area (Å²) in [7, 11) is 0. The molecule has 0 radical (unpaired) electrons. The van der Waals surface area contributed by atoms with Gasteiger partial charge < -0.3 is 14.6 Å². The highest BCUT2D eigenvalue weighted by Crippen LogP contribution is 2.40. The Morgan fingerprint density at radius 3 is 2.77 bits per heavy atom. The predicted octanol–water partition coefficient (Wildman–Crippen LogP) is 3.15. The van der Waals surface area contributed by atoms with Gasteiger partial charge in [-0.3, -0.25) is 9.69 Å². The van der Waals surface area contributed by atoms with Crippen LogP contribution in [0.4, 0.5) is 0 Å². The number of carbonyl (C=O) groups excluding carboxylic acids is 1. The van der Waals surface area contributed by atoms with E-state index in [4.69, 9.17) is 9.47 Å². The Hall–Kier alpha value is -2.63. The highest BCUT2D eigenvalue weighted by Gasteiger charge is 2.31. The first-order chi connectivity index (χ1) is 12.6. The number of phenols is 1. The summed E-state index contributed by atoms with van der Waals surface area (Å²) in [6, 6.07) is 11.1. The molecule has 0 bridgehead atoms. The van der Waals surface area contributed by atoms with Crippen LogP contribution >= 0.6 is 0 Å². The van der Waals surface area contributed by atoms with Gasteiger partial charge in [0.1, 0.15) is 11.5 Å². The van der Waals surface area contributed by atoms with Gasteiger partial charge >= 0.3 is 0 Å². The van der Waals surface area contributed by atoms with Gasteiger partial charge in [-0.1, -0.05) is 29.8 Å². The number of ether oxygens (including phenoxy) is 2. The number of ketones is 1. The summed E-state index contributed by atoms with van der Waals surface area (Å²) >= 11 is 0. The van der Waals surface area contributed by atoms with Gasteiger partial charge in [-0.2, -0.15) is 0 Å². The molecule has 26 heavy (non-hydrogen) atoms. The van der Waals surface area contributed by atoms with Crippen molar-refractivity contribution in [3.63, 3.8) is 0 Å². The summed E-state index contributed by atoms with van der Waals surface area (Å²) in [6.45, 7) is 5.48. The van der Waals surface area contributed by atoms with Crippen LogP contribution in [0, 0.1) is 6.92 Å². The third-order valence-electron chi connectivity index (χ3n) is 4.74. The molecule has 1 saturated heterocycles. The Labute approximate surface area is 152 Å². The number of phenolic OH excluding ortho intramolecular Hbond substituents is 1. The Morgan fingerprint density at radius 2 is 2.00 bits per heavy atom. The van der Waals surface area contributed by atoms with Crippen LogP contribution in [0.25, 0.3) is 6.08 Å². The lowest BCUT2D eigenvalue weighted by molar-refractivity contribution is 0.0336. The number of Topliss-reactive ketones (excluding diaryl/α,β-unsaturated/α-hetero) is 1. The molecular weight excluding hydrogens is 330 g/mol. The minimum atomic E-state index is -0.148. The van der Waals surface area contributed by atoms with Gasteiger partial charge in [-0.25, -0.2) is 0 Å². The van der Waals surface area contributed by atoms with E-state index in [1.807, 2.05) is 31.2 Å². The van der Waals surface area contributed by atoms with Crippen molar-refractivity contribution >= 4 is 11.9 Å². The van der Waals surface area contributed by atoms with E-state index in [-0.39, 0.29) is 11.5 Å². The predicted molar refractivity (Wildman–Crippen MR) is 98.3 cm³/mol. The first-order valence-corrected chi connectivity index (χ1v) is 8.77. The number of morpholine rings is 1. The molecule has 2 aromatic rings. The van der Waals surface area contributed by atoms with Gasteiger partial charge in [-0.05, 0) is 30.7 Å². The molecule has 5 heteroatoms. The molecule has 0 unspecified atom stereocenters. The van der Waals surface area contributed by atoms with E-state index in [1.165, 1.54) is 0 Å². The second kappa shape index (κ2) is 6.94. The zero-order chi connectivity index (χ0) is 18.1. The van der Waals surface area contributed by atoms with E-state index in [0.29, 0.717) is 42.4 Å². The van der Waals surface area contributed by atoms with E-state index in [0.717, 1.165) is 24.2 Å². The fraction of sp³-hybridized carbons (Fsp3) is 0.286. The Balaban J connectivity index is 1.66. The number of carbonyl (C=O) groups is 1. The van der Waals surface area contributed by atoms with Gasteiger partial charge in [-0.15, -0.1) is 0 Å². The van der Waals surface area contributed by atoms with Crippen LogP contribution in [-0.4, -0.2) is 42.1 Å². The van der Waals surface area contributed by atoms with E-state index < -0.39 is 0 Å². The number of nitrogens with zero attached hydrogens (tertiary/aromatic N) is 1. The normalized spacial score (nSPS) is 18.8. The molecule has 134 valence electrons. The highest BCUT2D eigenvalue weighted by atomic mass is 16.5. The van der Waals surface area contributed by atoms with Crippen LogP contribution in [0.2, 0.25) is 0 Å². The Bertz CT molecular complexity index is 882. The fourth-order valence-corrected chi connectivity index (χ4v) is 3.34. The lowest BCUT2D eigenvalue weighted by atomic mass is 10.0. The number of fused-ring (bicyclic) bond motifs is 1. The molecule has 5 nitrogen and oxygen atoms in total. The van der Waals surface area contributed by atoms with Gasteiger partial charge in [0.05, 0.1) is 24.3 Å². The second-order valence-corrected chi connectivity index (χ2v) is 6.68. The summed E-state index contributed by atoms with van der Waals surface area (Å²) < 4.78 is 11.3. The van der Waals surface area contributed by atoms with Gasteiger partial charge in [0, 0.05) is 19.6 Å². The van der Waals surface area contributed by atoms with Crippen molar-refractivity contribution in [1.29, 1.82) is 0 Å². The van der Waals surface area contributed by atoms with Crippen molar-refractivity contribution in [2.45, 2.75) is 13.5 Å². The molecule has 2 aromatic carbocycles. The number of rotatable bonds is 3. The smallest absolute Gasteiger partial charge is 0.231 e. The first kappa shape index (κ1) is 16.8. The summed E-state index contributed by atoms with van der Waals surface area (Å²) in [5, 5.41) is 10.3. The molecule has 0 atom stereocenters. The SMILES string of the molecule is Cc1cccc(/C=C2\Oc3c(ccc(O)c3CN3CCOCC3)C2=O)c1. The molecule has 0 saturated carbocycles. The molecule has 1 N–H and O–H groups in total. The van der Waals surface area contributed by atoms with E-state index in [9.17, 15) is 9.90 Å². The molecule has 2 heterocycles. The highest BCUT2D eigenvalue weighted by molar-refractivity contribution is 6.15. The van der Waals surface area contributed by atoms with Crippen LogP contribution in [0.15, 0.2) is 42.2 Å². The molecule has 0 spiro atoms. The van der Waals surface area contributed by atoms with Crippen LogP contribution in [0.1, 0.15) is 27.0 Å². The number of hydrogen-bond acceptors (Lipinski definition) is 5. The number of aryl methyl sites for hydroxylation is 1. The monoisotopic (exact) mass is 351 g/mol. The lowest BCUT2D eigenvalue weighted by Crippen LogP contribution is -2.35. The number of aromatic hydroxyl groups is 1. The van der Waals surface area contributed by atoms with Crippen molar-refractivity contribution in [1.82, 2.24) is 4.90 Å². The average molecular weight is 351 g/mol. The average Bonchev–Trinajstić information content (AvgIpc) is 2.95. The minimum absolute atomic E-state index is 0.148. The largest absolute Gasteiger partial charge is 0.507 e. The van der Waals surface area contributed by atoms with E-state index >= 15 is 0 Å². The van der Waals surface area contributed by atoms with E-state index in [1.54, 1.807) is 18.2 Å². The molecule has 2 aliphatic rings. The number of hydrogen-bond donors (Lipinski definition) is 1. The molecule has 0 aromatic heterocycles. The first-order valence-electron chi connectivity index (χ1n) is 8.77. The van der Waals surface area contributed by atoms with Crippen molar-refractivity contribution in [3.05, 3.63) is 64.4 Å². The standard InChI is InChI=1S/C21H21NO4/c1-14-3-2-4-15(11-14)12-19-20(24)16-5-6-18(23)17(21(16)26-19)13-22-7-9-25-10-8-22/h2-6,11-12,23H,7-10,13H2,1H3/b19-12-. The molecule has 0 aliphatic carbocycles. The Morgan fingerprint density at radius 1 is 1.19 bits per heavy atom. The maximum atomic E-state index is 12.7. The van der Waals surface area contributed by atoms with Crippen LogP contribution in [-0.2, 0) is 11.3 Å². The van der Waals surface area contributed by atoms with Crippen molar-refractivity contribution in [2.24, 2.45) is 0 Å². The maximum Gasteiger partial charge on any atom is 0.231 e. The molecule has 0 amide bonds. The second-order valence-electron chi connectivity index (χ2n) is 6.68. The van der Waals surface area contributed by atoms with Crippen LogP contribution < -0.4 is 4.74 Å². The van der Waals surface area contributed by atoms with Gasteiger partial charge in [0.2, 0.25) is 5.78 Å². The number of allylic oxidation sites excluding steroid dienone is 1. The van der Waals surface area contributed by atoms with E-state index in [2.05, 4.69) is 4.90 Å². The maximum absolute atomic E-state index is 12.7. The summed E-state index contributed by atoms with van der Waals surface area (Å²) in [6.07, 6.45) is 1.75. The summed E-state index contributed by atoms with van der Waals surface area (Å²) in [4.78, 5) is 14.9. The third-order valence-corrected chi connectivity index (χ3v) is 4.74. The zero-order valence-electron chi connectivity index (χ0n) is 14.7. The van der Waals surface area contributed by atoms with Crippen molar-refractivity contribution in [3.8, 4) is 11.5 Å². The van der Waals surface area contributed by atoms with Crippen LogP contribution in [0.3, 0.4) is 0 Å². The summed E-state index contributed by atoms with van der Waals surface area (Å²) in [5.41, 5.74) is 3.20. The lowest BCUT2D eigenvalue weighted by Gasteiger charge is -2.27. The minimum Gasteiger partial charge on any atom is -0.507 e. The third kappa shape index (κ3) is 3.23. The van der Waals surface area contributed by atoms with Gasteiger partial charge in [0.15, 0.2) is 5.76 Å². The molecule has 4 rings (SSSR count). The zero-order valence-corrected chi connectivity index (χ0v) is 14.7. The Kier molecular flexibility index (Phi) is 4.49. The topological polar surface area (TPSA) is 59.0 Å².